The van der Waals surface area contributed by atoms with Gasteiger partial charge in [-0.1, -0.05) is 22.0 Å². The quantitative estimate of drug-likeness (QED) is 0.584. The lowest BCUT2D eigenvalue weighted by atomic mass is 10.1. The Morgan fingerprint density at radius 1 is 1.30 bits per heavy atom. The van der Waals surface area contributed by atoms with Crippen LogP contribution in [-0.4, -0.2) is 21.8 Å². The number of halogens is 1. The van der Waals surface area contributed by atoms with Gasteiger partial charge < -0.3 is 9.72 Å². The monoisotopic (exact) mass is 372 g/mol. The zero-order valence-electron chi connectivity index (χ0n) is 14.7. The average Bonchev–Trinajstić information content (AvgIpc) is 2.90. The lowest BCUT2D eigenvalue weighted by molar-refractivity contribution is 0.414. The molecule has 0 amide bonds. The largest absolute Gasteiger partial charge is 0.497 e. The second-order valence-electron chi connectivity index (χ2n) is 5.06. The summed E-state index contributed by atoms with van der Waals surface area (Å²) in [7, 11) is -2.56. The number of nitrogens with one attached hydrogen (secondary N) is 1. The molecule has 0 spiro atoms. The van der Waals surface area contributed by atoms with Crippen molar-refractivity contribution in [2.45, 2.75) is 0 Å². The van der Waals surface area contributed by atoms with Crippen LogP contribution in [0.3, 0.4) is 0 Å². The maximum absolute atomic E-state index is 12.8. The Morgan fingerprint density at radius 2 is 2.22 bits per heavy atom. The van der Waals surface area contributed by atoms with Crippen molar-refractivity contribution in [1.82, 2.24) is 14.8 Å². The molecule has 2 heterocycles. The average molecular weight is 373 g/mol. The number of benzene rings is 2. The van der Waals surface area contributed by atoms with E-state index in [4.69, 9.17) is 8.85 Å². The van der Waals surface area contributed by atoms with Gasteiger partial charge in [0.25, 0.3) is 5.56 Å². The van der Waals surface area contributed by atoms with E-state index in [0.717, 1.165) is 15.4 Å². The summed E-state index contributed by atoms with van der Waals surface area (Å²) in [5.74, 6) is 0.141. The predicted octanol–water partition coefficient (Wildman–Crippen LogP) is 3.59. The molecule has 0 atom stereocenters. The minimum atomic E-state index is -2.56. The molecule has 1 N–H and O–H groups in total. The predicted molar refractivity (Wildman–Crippen MR) is 92.6 cm³/mol. The Bertz CT molecular complexity index is 1150. The van der Waals surface area contributed by atoms with Gasteiger partial charge in [-0.25, -0.2) is 0 Å². The molecule has 23 heavy (non-hydrogen) atoms. The highest BCUT2D eigenvalue weighted by atomic mass is 79.9. The number of hydrogen-bond acceptors (Lipinski definition) is 3. The number of fused-ring (bicyclic) bond motifs is 3. The molecule has 114 valence electrons. The van der Waals surface area contributed by atoms with Crippen molar-refractivity contribution in [2.24, 2.45) is 0 Å². The van der Waals surface area contributed by atoms with Crippen LogP contribution in [0.15, 0.2) is 57.9 Å². The number of pyridine rings is 1. The van der Waals surface area contributed by atoms with Crippen LogP contribution < -0.4 is 10.3 Å². The van der Waals surface area contributed by atoms with Gasteiger partial charge in [-0.05, 0) is 30.3 Å². The van der Waals surface area contributed by atoms with Crippen molar-refractivity contribution in [2.75, 3.05) is 7.04 Å². The van der Waals surface area contributed by atoms with Crippen LogP contribution in [0.5, 0.6) is 5.75 Å². The molecule has 6 heteroatoms. The summed E-state index contributed by atoms with van der Waals surface area (Å²) in [6.07, 6.45) is 1.62. The fourth-order valence-electron chi connectivity index (χ4n) is 2.59. The fourth-order valence-corrected chi connectivity index (χ4v) is 2.95. The Morgan fingerprint density at radius 3 is 3.09 bits per heavy atom. The molecule has 0 unspecified atom stereocenters. The van der Waals surface area contributed by atoms with Crippen molar-refractivity contribution in [3.8, 4) is 22.7 Å². The molecule has 0 radical (unpaired) electrons. The number of ether oxygens (including phenoxy) is 1. The number of aromatic amines is 1. The van der Waals surface area contributed by atoms with E-state index in [0.29, 0.717) is 16.9 Å². The standard InChI is InChI=1S/C17H12BrN3O2/c1-23-12-4-2-3-11(8-12)21-17(22)14-9-19-15-7-10(18)5-6-13(15)16(14)20-21/h2-9,19H,1H3/i1D3. The molecular weight excluding hydrogens is 358 g/mol. The minimum absolute atomic E-state index is 0.141. The number of hydrogen-bond donors (Lipinski definition) is 1. The van der Waals surface area contributed by atoms with E-state index in [1.54, 1.807) is 18.3 Å². The lowest BCUT2D eigenvalue weighted by Crippen LogP contribution is -2.14. The number of H-pyrrole nitrogens is 1. The Kier molecular flexibility index (Phi) is 2.51. The lowest BCUT2D eigenvalue weighted by Gasteiger charge is -2.03. The Hall–Kier alpha value is -2.60. The van der Waals surface area contributed by atoms with Gasteiger partial charge in [0.15, 0.2) is 0 Å². The second-order valence-corrected chi connectivity index (χ2v) is 5.97. The summed E-state index contributed by atoms with van der Waals surface area (Å²) >= 11 is 3.42. The molecule has 2 aromatic carbocycles. The van der Waals surface area contributed by atoms with E-state index in [-0.39, 0.29) is 11.3 Å². The number of aromatic nitrogens is 3. The Balaban J connectivity index is 1.89. The molecule has 0 bridgehead atoms. The van der Waals surface area contributed by atoms with E-state index in [1.165, 1.54) is 16.8 Å². The fraction of sp³-hybridized carbons (Fsp3) is 0.0588. The molecule has 0 aliphatic carbocycles. The molecule has 0 aromatic heterocycles. The molecule has 0 fully saturated rings. The first kappa shape index (κ1) is 11.0. The van der Waals surface area contributed by atoms with Gasteiger partial charge in [-0.2, -0.15) is 9.78 Å². The van der Waals surface area contributed by atoms with Crippen molar-refractivity contribution >= 4 is 26.8 Å². The first-order chi connectivity index (χ1) is 12.3. The maximum Gasteiger partial charge on any atom is 0.282 e. The van der Waals surface area contributed by atoms with E-state index in [2.05, 4.69) is 26.0 Å². The van der Waals surface area contributed by atoms with Crippen molar-refractivity contribution in [1.29, 1.82) is 0 Å². The summed E-state index contributed by atoms with van der Waals surface area (Å²) in [6, 6.07) is 11.9. The van der Waals surface area contributed by atoms with Gasteiger partial charge in [0.05, 0.1) is 22.4 Å². The van der Waals surface area contributed by atoms with E-state index in [1.807, 2.05) is 18.2 Å². The first-order valence-corrected chi connectivity index (χ1v) is 7.60. The molecule has 2 aliphatic rings. The smallest absolute Gasteiger partial charge is 0.282 e. The third-order valence-electron chi connectivity index (χ3n) is 3.67. The van der Waals surface area contributed by atoms with E-state index < -0.39 is 7.04 Å². The van der Waals surface area contributed by atoms with Crippen molar-refractivity contribution < 1.29 is 8.85 Å². The van der Waals surface area contributed by atoms with Crippen molar-refractivity contribution in [3.05, 3.63) is 63.5 Å². The zero-order chi connectivity index (χ0) is 18.5. The van der Waals surface area contributed by atoms with Crippen molar-refractivity contribution in [3.63, 3.8) is 0 Å². The molecule has 0 saturated heterocycles. The van der Waals surface area contributed by atoms with Gasteiger partial charge in [0.1, 0.15) is 11.4 Å². The third kappa shape index (κ3) is 2.22. The highest BCUT2D eigenvalue weighted by Crippen LogP contribution is 2.28. The van der Waals surface area contributed by atoms with Gasteiger partial charge in [-0.15, -0.1) is 0 Å². The highest BCUT2D eigenvalue weighted by molar-refractivity contribution is 9.10. The Labute approximate surface area is 144 Å². The van der Waals surface area contributed by atoms with Crippen LogP contribution in [0, 0.1) is 0 Å². The molecular formula is C17H12BrN3O2. The summed E-state index contributed by atoms with van der Waals surface area (Å²) < 4.78 is 28.7. The van der Waals surface area contributed by atoms with Gasteiger partial charge >= 0.3 is 0 Å². The number of methoxy groups -OCH3 is 1. The SMILES string of the molecule is [2H]C([2H])([2H])Oc1cccc(-n2nc3c4ccc(Br)cc4[nH]cc-3c2=O)c1. The molecule has 2 aliphatic heterocycles. The van der Waals surface area contributed by atoms with Crippen LogP contribution in [0.25, 0.3) is 27.8 Å². The molecule has 0 saturated carbocycles. The summed E-state index contributed by atoms with van der Waals surface area (Å²) in [5.41, 5.74) is 1.99. The highest BCUT2D eigenvalue weighted by Gasteiger charge is 2.19. The molecule has 4 rings (SSSR count). The summed E-state index contributed by atoms with van der Waals surface area (Å²) in [4.78, 5) is 15.9. The second kappa shape index (κ2) is 5.24. The maximum atomic E-state index is 12.8. The number of rotatable bonds is 2. The minimum Gasteiger partial charge on any atom is -0.497 e. The first-order valence-electron chi connectivity index (χ1n) is 8.31. The van der Waals surface area contributed by atoms with Crippen LogP contribution in [-0.2, 0) is 0 Å². The van der Waals surface area contributed by atoms with Gasteiger partial charge in [0, 0.05) is 27.6 Å². The van der Waals surface area contributed by atoms with Gasteiger partial charge in [0.2, 0.25) is 0 Å². The van der Waals surface area contributed by atoms with Crippen LogP contribution in [0.2, 0.25) is 0 Å². The summed E-state index contributed by atoms with van der Waals surface area (Å²) in [6.45, 7) is 0. The normalized spacial score (nSPS) is 13.7. The topological polar surface area (TPSA) is 59.9 Å². The van der Waals surface area contributed by atoms with Crippen LogP contribution in [0.1, 0.15) is 4.11 Å². The molecule has 5 nitrogen and oxygen atoms in total. The van der Waals surface area contributed by atoms with Crippen LogP contribution >= 0.6 is 15.9 Å². The van der Waals surface area contributed by atoms with E-state index in [9.17, 15) is 4.79 Å². The third-order valence-corrected chi connectivity index (χ3v) is 4.16. The molecule has 2 aromatic rings. The summed E-state index contributed by atoms with van der Waals surface area (Å²) in [5, 5.41) is 5.27. The zero-order valence-corrected chi connectivity index (χ0v) is 13.3. The van der Waals surface area contributed by atoms with Gasteiger partial charge in [-0.3, -0.25) is 4.79 Å². The van der Waals surface area contributed by atoms with E-state index >= 15 is 0 Å². The number of nitrogens with zero attached hydrogens (tertiary/aromatic N) is 2. The van der Waals surface area contributed by atoms with Crippen LogP contribution in [0.4, 0.5) is 0 Å².